The Labute approximate surface area is 104 Å². The van der Waals surface area contributed by atoms with E-state index < -0.39 is 0 Å². The lowest BCUT2D eigenvalue weighted by atomic mass is 10.2. The molecule has 0 bridgehead atoms. The van der Waals surface area contributed by atoms with Crippen LogP contribution in [0.2, 0.25) is 0 Å². The van der Waals surface area contributed by atoms with E-state index in [-0.39, 0.29) is 0 Å². The van der Waals surface area contributed by atoms with Gasteiger partial charge in [-0.2, -0.15) is 9.99 Å². The van der Waals surface area contributed by atoms with Crippen molar-refractivity contribution >= 4 is 10.9 Å². The lowest BCUT2D eigenvalue weighted by Crippen LogP contribution is -1.97. The zero-order chi connectivity index (χ0) is 12.2. The maximum absolute atomic E-state index is 5.20. The van der Waals surface area contributed by atoms with Crippen molar-refractivity contribution in [2.24, 2.45) is 0 Å². The van der Waals surface area contributed by atoms with Crippen molar-refractivity contribution in [3.8, 4) is 5.75 Å². The minimum absolute atomic E-state index is 0.393. The predicted octanol–water partition coefficient (Wildman–Crippen LogP) is 3.07. The molecule has 1 heterocycles. The van der Waals surface area contributed by atoms with Crippen LogP contribution in [-0.2, 0) is 11.5 Å². The molecule has 1 N–H and O–H groups in total. The van der Waals surface area contributed by atoms with E-state index in [0.29, 0.717) is 12.4 Å². The minimum Gasteiger partial charge on any atom is -0.337 e. The summed E-state index contributed by atoms with van der Waals surface area (Å²) in [4.78, 5) is 10.4. The summed E-state index contributed by atoms with van der Waals surface area (Å²) < 4.78 is 0. The van der Waals surface area contributed by atoms with Crippen LogP contribution < -0.4 is 4.89 Å². The highest BCUT2D eigenvalue weighted by Gasteiger charge is 1.99. The summed E-state index contributed by atoms with van der Waals surface area (Å²) in [5, 5.41) is 7.98. The fraction of sp³-hybridized carbons (Fsp3) is 0.0714. The van der Waals surface area contributed by atoms with Gasteiger partial charge in [0.2, 0.25) is 0 Å². The summed E-state index contributed by atoms with van der Waals surface area (Å²) in [6.07, 6.45) is 1.79. The Hall–Kier alpha value is -2.33. The summed E-state index contributed by atoms with van der Waals surface area (Å²) >= 11 is 0. The first-order valence-corrected chi connectivity index (χ1v) is 5.68. The van der Waals surface area contributed by atoms with E-state index in [1.54, 1.807) is 6.20 Å². The van der Waals surface area contributed by atoms with Crippen LogP contribution in [0.1, 0.15) is 5.56 Å². The smallest absolute Gasteiger partial charge is 0.165 e. The monoisotopic (exact) mass is 240 g/mol. The highest BCUT2D eigenvalue weighted by Crippen LogP contribution is 2.14. The summed E-state index contributed by atoms with van der Waals surface area (Å²) in [5.41, 5.74) is 2.03. The molecule has 0 unspecified atom stereocenters. The topological polar surface area (TPSA) is 47.1 Å². The number of aromatic nitrogens is 2. The van der Waals surface area contributed by atoms with Crippen LogP contribution >= 0.6 is 0 Å². The Morgan fingerprint density at radius 2 is 1.94 bits per heavy atom. The third-order valence-electron chi connectivity index (χ3n) is 2.63. The van der Waals surface area contributed by atoms with E-state index in [1.165, 1.54) is 0 Å². The Balaban J connectivity index is 1.62. The number of para-hydroxylation sites is 1. The second kappa shape index (κ2) is 4.89. The number of hydrogen-bond donors (Lipinski definition) is 1. The molecule has 3 aromatic rings. The molecule has 3 rings (SSSR count). The van der Waals surface area contributed by atoms with Gasteiger partial charge in [0.1, 0.15) is 6.61 Å². The van der Waals surface area contributed by atoms with Gasteiger partial charge in [-0.3, -0.25) is 5.10 Å². The van der Waals surface area contributed by atoms with E-state index in [4.69, 9.17) is 9.78 Å². The molecule has 0 aliphatic rings. The van der Waals surface area contributed by atoms with Crippen LogP contribution in [0.5, 0.6) is 5.75 Å². The Morgan fingerprint density at radius 3 is 2.83 bits per heavy atom. The molecular formula is C14H12N2O2. The molecule has 18 heavy (non-hydrogen) atoms. The van der Waals surface area contributed by atoms with Crippen molar-refractivity contribution in [1.82, 2.24) is 10.2 Å². The number of nitrogens with zero attached hydrogens (tertiary/aromatic N) is 1. The first kappa shape index (κ1) is 10.8. The van der Waals surface area contributed by atoms with Crippen LogP contribution in [0.4, 0.5) is 0 Å². The number of benzene rings is 2. The molecule has 0 spiro atoms. The molecule has 0 fully saturated rings. The molecule has 0 saturated heterocycles. The molecule has 4 nitrogen and oxygen atoms in total. The predicted molar refractivity (Wildman–Crippen MR) is 68.0 cm³/mol. The van der Waals surface area contributed by atoms with Gasteiger partial charge >= 0.3 is 0 Å². The molecule has 0 radical (unpaired) electrons. The standard InChI is InChI=1S/C14H12N2O2/c1-2-4-13(5-3-1)18-17-10-11-6-7-12-9-15-16-14(12)8-11/h1-9H,10H2,(H,15,16). The van der Waals surface area contributed by atoms with Gasteiger partial charge in [-0.25, -0.2) is 0 Å². The first-order valence-electron chi connectivity index (χ1n) is 5.68. The minimum atomic E-state index is 0.393. The van der Waals surface area contributed by atoms with Crippen molar-refractivity contribution in [3.63, 3.8) is 0 Å². The van der Waals surface area contributed by atoms with Crippen LogP contribution in [0.15, 0.2) is 54.7 Å². The van der Waals surface area contributed by atoms with Crippen molar-refractivity contribution in [2.75, 3.05) is 0 Å². The van der Waals surface area contributed by atoms with Crippen molar-refractivity contribution < 1.29 is 9.78 Å². The van der Waals surface area contributed by atoms with Crippen LogP contribution in [-0.4, -0.2) is 10.2 Å². The molecule has 0 atom stereocenters. The zero-order valence-electron chi connectivity index (χ0n) is 9.67. The van der Waals surface area contributed by atoms with Crippen LogP contribution in [0, 0.1) is 0 Å². The highest BCUT2D eigenvalue weighted by atomic mass is 17.2. The molecule has 1 aromatic heterocycles. The molecule has 0 saturated carbocycles. The summed E-state index contributed by atoms with van der Waals surface area (Å²) in [5.74, 6) is 0.695. The Kier molecular flexibility index (Phi) is 2.94. The molecule has 2 aromatic carbocycles. The van der Waals surface area contributed by atoms with Gasteiger partial charge in [0.05, 0.1) is 11.7 Å². The largest absolute Gasteiger partial charge is 0.337 e. The lowest BCUT2D eigenvalue weighted by Gasteiger charge is -2.04. The quantitative estimate of drug-likeness (QED) is 0.563. The average molecular weight is 240 g/mol. The Morgan fingerprint density at radius 1 is 1.06 bits per heavy atom. The number of hydrogen-bond acceptors (Lipinski definition) is 3. The SMILES string of the molecule is c1ccc(OOCc2ccc3cn[nH]c3c2)cc1. The Bertz CT molecular complexity index is 634. The van der Waals surface area contributed by atoms with Crippen LogP contribution in [0.25, 0.3) is 10.9 Å². The van der Waals surface area contributed by atoms with Gasteiger partial charge < -0.3 is 4.89 Å². The normalized spacial score (nSPS) is 10.7. The molecule has 0 amide bonds. The third-order valence-corrected chi connectivity index (χ3v) is 2.63. The number of nitrogens with one attached hydrogen (secondary N) is 1. The zero-order valence-corrected chi connectivity index (χ0v) is 9.67. The average Bonchev–Trinajstić information content (AvgIpc) is 2.87. The molecule has 0 aliphatic heterocycles. The van der Waals surface area contributed by atoms with Gasteiger partial charge in [0, 0.05) is 5.39 Å². The number of rotatable bonds is 4. The maximum atomic E-state index is 5.20. The van der Waals surface area contributed by atoms with E-state index in [2.05, 4.69) is 10.2 Å². The highest BCUT2D eigenvalue weighted by molar-refractivity contribution is 5.78. The molecule has 4 heteroatoms. The van der Waals surface area contributed by atoms with Crippen LogP contribution in [0.3, 0.4) is 0 Å². The summed E-state index contributed by atoms with van der Waals surface area (Å²) in [6.45, 7) is 0.393. The van der Waals surface area contributed by atoms with Crippen molar-refractivity contribution in [1.29, 1.82) is 0 Å². The molecule has 90 valence electrons. The second-order valence-electron chi connectivity index (χ2n) is 3.95. The van der Waals surface area contributed by atoms with Gasteiger partial charge in [-0.15, -0.1) is 0 Å². The number of fused-ring (bicyclic) bond motifs is 1. The number of aromatic amines is 1. The maximum Gasteiger partial charge on any atom is 0.165 e. The molecular weight excluding hydrogens is 228 g/mol. The van der Waals surface area contributed by atoms with Gasteiger partial charge in [0.25, 0.3) is 0 Å². The first-order chi connectivity index (χ1) is 8.92. The van der Waals surface area contributed by atoms with Crippen molar-refractivity contribution in [3.05, 3.63) is 60.3 Å². The van der Waals surface area contributed by atoms with E-state index >= 15 is 0 Å². The van der Waals surface area contributed by atoms with E-state index in [1.807, 2.05) is 48.5 Å². The fourth-order valence-electron chi connectivity index (χ4n) is 1.72. The number of H-pyrrole nitrogens is 1. The van der Waals surface area contributed by atoms with E-state index in [9.17, 15) is 0 Å². The third kappa shape index (κ3) is 2.33. The second-order valence-corrected chi connectivity index (χ2v) is 3.95. The summed E-state index contributed by atoms with van der Waals surface area (Å²) in [6, 6.07) is 15.4. The summed E-state index contributed by atoms with van der Waals surface area (Å²) in [7, 11) is 0. The van der Waals surface area contributed by atoms with Gasteiger partial charge in [0.15, 0.2) is 5.75 Å². The van der Waals surface area contributed by atoms with Crippen molar-refractivity contribution in [2.45, 2.75) is 6.61 Å². The fourth-order valence-corrected chi connectivity index (χ4v) is 1.72. The van der Waals surface area contributed by atoms with Gasteiger partial charge in [-0.1, -0.05) is 30.3 Å². The van der Waals surface area contributed by atoms with Gasteiger partial charge in [-0.05, 0) is 23.8 Å². The van der Waals surface area contributed by atoms with E-state index in [0.717, 1.165) is 16.5 Å². The lowest BCUT2D eigenvalue weighted by molar-refractivity contribution is -0.217. The molecule has 0 aliphatic carbocycles.